The van der Waals surface area contributed by atoms with Gasteiger partial charge in [-0.1, -0.05) is 169 Å². The van der Waals surface area contributed by atoms with Crippen molar-refractivity contribution >= 4 is 45.7 Å². The van der Waals surface area contributed by atoms with Gasteiger partial charge in [0, 0.05) is 39.0 Å². The van der Waals surface area contributed by atoms with E-state index in [9.17, 15) is 0 Å². The number of rotatable bonds is 7. The summed E-state index contributed by atoms with van der Waals surface area (Å²) < 4.78 is 0. The molecule has 1 spiro atoms. The van der Waals surface area contributed by atoms with E-state index in [-0.39, 0.29) is 0 Å². The number of halogens is 1. The quantitative estimate of drug-likeness (QED) is 0.160. The fraction of sp³-hybridized carbons (Fsp3) is 0.0182. The van der Waals surface area contributed by atoms with Gasteiger partial charge in [-0.2, -0.15) is 0 Å². The Labute approximate surface area is 344 Å². The Morgan fingerprint density at radius 1 is 0.310 bits per heavy atom. The van der Waals surface area contributed by atoms with E-state index < -0.39 is 5.41 Å². The lowest BCUT2D eigenvalue weighted by atomic mass is 9.70. The molecule has 0 bridgehead atoms. The normalized spacial score (nSPS) is 12.7. The summed E-state index contributed by atoms with van der Waals surface area (Å²) in [5.74, 6) is 0. The van der Waals surface area contributed by atoms with E-state index in [1.807, 2.05) is 6.07 Å². The minimum atomic E-state index is -0.549. The third kappa shape index (κ3) is 5.26. The summed E-state index contributed by atoms with van der Waals surface area (Å²) >= 11 is 6.94. The molecule has 0 saturated heterocycles. The molecule has 0 radical (unpaired) electrons. The first-order valence-electron chi connectivity index (χ1n) is 19.8. The van der Waals surface area contributed by atoms with Crippen molar-refractivity contribution in [2.75, 3.05) is 9.80 Å². The van der Waals surface area contributed by atoms with Crippen LogP contribution in [0.2, 0.25) is 5.02 Å². The Morgan fingerprint density at radius 3 is 1.33 bits per heavy atom. The molecule has 3 heteroatoms. The molecule has 2 aliphatic carbocycles. The smallest absolute Gasteiger partial charge is 0.0746 e. The van der Waals surface area contributed by atoms with Crippen LogP contribution in [-0.4, -0.2) is 0 Å². The zero-order valence-corrected chi connectivity index (χ0v) is 32.4. The molecule has 9 aromatic carbocycles. The largest absolute Gasteiger partial charge is 0.310 e. The standard InChI is InChI=1S/C55H37ClN2/c56-40-20-16-25-43(36-40)58(45-35-39(38-18-4-1-5-19-38)34-44(37-45)57(41-21-6-2-7-22-41)42-23-8-3-9-24-42)53-33-17-29-49-48-28-12-15-32-52(48)55(54(49)53)50-30-13-10-26-46(50)47-27-11-14-31-51(47)55/h1-37H. The summed E-state index contributed by atoms with van der Waals surface area (Å²) in [4.78, 5) is 4.79. The minimum absolute atomic E-state index is 0.549. The summed E-state index contributed by atoms with van der Waals surface area (Å²) in [6.07, 6.45) is 0. The first kappa shape index (κ1) is 34.1. The average Bonchev–Trinajstić information content (AvgIpc) is 3.76. The molecule has 0 atom stereocenters. The lowest BCUT2D eigenvalue weighted by Crippen LogP contribution is -2.28. The molecular weight excluding hydrogens is 724 g/mol. The molecule has 58 heavy (non-hydrogen) atoms. The van der Waals surface area contributed by atoms with Crippen molar-refractivity contribution in [3.63, 3.8) is 0 Å². The second-order valence-electron chi connectivity index (χ2n) is 15.0. The Kier molecular flexibility index (Phi) is 8.13. The first-order chi connectivity index (χ1) is 28.7. The number of fused-ring (bicyclic) bond motifs is 10. The van der Waals surface area contributed by atoms with Crippen molar-refractivity contribution in [2.24, 2.45) is 0 Å². The lowest BCUT2D eigenvalue weighted by molar-refractivity contribution is 0.793. The van der Waals surface area contributed by atoms with E-state index in [1.54, 1.807) is 0 Å². The van der Waals surface area contributed by atoms with Gasteiger partial charge >= 0.3 is 0 Å². The van der Waals surface area contributed by atoms with Crippen molar-refractivity contribution < 1.29 is 0 Å². The Hall–Kier alpha value is -7.13. The Balaban J connectivity index is 1.25. The summed E-state index contributed by atoms with van der Waals surface area (Å²) in [6.45, 7) is 0. The highest BCUT2D eigenvalue weighted by atomic mass is 35.5. The van der Waals surface area contributed by atoms with Gasteiger partial charge in [0.05, 0.1) is 11.1 Å². The maximum absolute atomic E-state index is 6.94. The number of hydrogen-bond acceptors (Lipinski definition) is 2. The van der Waals surface area contributed by atoms with Crippen LogP contribution in [-0.2, 0) is 5.41 Å². The second kappa shape index (κ2) is 13.8. The van der Waals surface area contributed by atoms with E-state index in [1.165, 1.54) is 44.5 Å². The van der Waals surface area contributed by atoms with Crippen LogP contribution in [0, 0.1) is 0 Å². The van der Waals surface area contributed by atoms with Crippen LogP contribution in [0.25, 0.3) is 33.4 Å². The fourth-order valence-electron chi connectivity index (χ4n) is 9.61. The van der Waals surface area contributed by atoms with Crippen molar-refractivity contribution in [1.82, 2.24) is 0 Å². The molecule has 2 aliphatic rings. The molecule has 0 saturated carbocycles. The van der Waals surface area contributed by atoms with E-state index >= 15 is 0 Å². The topological polar surface area (TPSA) is 6.48 Å². The van der Waals surface area contributed by atoms with Crippen molar-refractivity contribution in [2.45, 2.75) is 5.41 Å². The van der Waals surface area contributed by atoms with Gasteiger partial charge in [0.15, 0.2) is 0 Å². The van der Waals surface area contributed by atoms with Gasteiger partial charge in [0.25, 0.3) is 0 Å². The number of nitrogens with zero attached hydrogens (tertiary/aromatic N) is 2. The van der Waals surface area contributed by atoms with Gasteiger partial charge in [0.2, 0.25) is 0 Å². The Morgan fingerprint density at radius 2 is 0.759 bits per heavy atom. The van der Waals surface area contributed by atoms with Gasteiger partial charge in [-0.3, -0.25) is 0 Å². The number of hydrogen-bond donors (Lipinski definition) is 0. The Bertz CT molecular complexity index is 2870. The number of anilines is 6. The molecular formula is C55H37ClN2. The maximum atomic E-state index is 6.94. The van der Waals surface area contributed by atoms with Crippen LogP contribution in [0.5, 0.6) is 0 Å². The molecule has 11 rings (SSSR count). The van der Waals surface area contributed by atoms with E-state index in [0.29, 0.717) is 5.02 Å². The van der Waals surface area contributed by atoms with Crippen LogP contribution < -0.4 is 9.80 Å². The number of benzene rings is 9. The summed E-state index contributed by atoms with van der Waals surface area (Å²) in [5, 5.41) is 0.680. The van der Waals surface area contributed by atoms with E-state index in [0.717, 1.165) is 45.3 Å². The lowest BCUT2D eigenvalue weighted by Gasteiger charge is -2.36. The molecule has 0 amide bonds. The molecule has 0 aromatic heterocycles. The molecule has 2 nitrogen and oxygen atoms in total. The molecule has 0 unspecified atom stereocenters. The average molecular weight is 761 g/mol. The van der Waals surface area contributed by atoms with E-state index in [4.69, 9.17) is 11.6 Å². The van der Waals surface area contributed by atoms with Crippen LogP contribution in [0.1, 0.15) is 22.3 Å². The first-order valence-corrected chi connectivity index (χ1v) is 20.2. The van der Waals surface area contributed by atoms with Crippen molar-refractivity contribution in [3.05, 3.63) is 252 Å². The molecule has 9 aromatic rings. The van der Waals surface area contributed by atoms with E-state index in [2.05, 4.69) is 228 Å². The minimum Gasteiger partial charge on any atom is -0.310 e. The molecule has 0 aliphatic heterocycles. The summed E-state index contributed by atoms with van der Waals surface area (Å²) in [7, 11) is 0. The summed E-state index contributed by atoms with van der Waals surface area (Å²) in [5.41, 5.74) is 18.2. The highest BCUT2D eigenvalue weighted by Crippen LogP contribution is 2.65. The third-order valence-electron chi connectivity index (χ3n) is 11.9. The van der Waals surface area contributed by atoms with Crippen LogP contribution in [0.15, 0.2) is 224 Å². The van der Waals surface area contributed by atoms with Crippen LogP contribution >= 0.6 is 11.6 Å². The fourth-order valence-corrected chi connectivity index (χ4v) is 9.80. The van der Waals surface area contributed by atoms with Gasteiger partial charge in [-0.05, 0) is 117 Å². The van der Waals surface area contributed by atoms with Gasteiger partial charge < -0.3 is 9.80 Å². The third-order valence-corrected chi connectivity index (χ3v) is 12.1. The molecule has 0 heterocycles. The zero-order chi connectivity index (χ0) is 38.6. The summed E-state index contributed by atoms with van der Waals surface area (Å²) in [6, 6.07) is 81.1. The zero-order valence-electron chi connectivity index (χ0n) is 31.6. The molecule has 0 fully saturated rings. The highest BCUT2D eigenvalue weighted by molar-refractivity contribution is 6.30. The SMILES string of the molecule is Clc1cccc(N(c2cc(-c3ccccc3)cc(N(c3ccccc3)c3ccccc3)c2)c2cccc3c2C2(c4ccccc4-c4ccccc42)c2ccccc2-3)c1. The van der Waals surface area contributed by atoms with Crippen molar-refractivity contribution in [1.29, 1.82) is 0 Å². The van der Waals surface area contributed by atoms with Gasteiger partial charge in [0.1, 0.15) is 0 Å². The maximum Gasteiger partial charge on any atom is 0.0746 e. The van der Waals surface area contributed by atoms with Crippen LogP contribution in [0.4, 0.5) is 34.1 Å². The predicted octanol–water partition coefficient (Wildman–Crippen LogP) is 15.3. The van der Waals surface area contributed by atoms with Crippen molar-refractivity contribution in [3.8, 4) is 33.4 Å². The highest BCUT2D eigenvalue weighted by Gasteiger charge is 2.53. The van der Waals surface area contributed by atoms with Gasteiger partial charge in [-0.25, -0.2) is 0 Å². The molecule has 0 N–H and O–H groups in total. The molecule has 274 valence electrons. The van der Waals surface area contributed by atoms with Gasteiger partial charge in [-0.15, -0.1) is 0 Å². The number of para-hydroxylation sites is 2. The second-order valence-corrected chi connectivity index (χ2v) is 15.4. The predicted molar refractivity (Wildman–Crippen MR) is 243 cm³/mol. The van der Waals surface area contributed by atoms with Crippen LogP contribution in [0.3, 0.4) is 0 Å². The monoisotopic (exact) mass is 760 g/mol.